The summed E-state index contributed by atoms with van der Waals surface area (Å²) in [7, 11) is 0. The maximum atomic E-state index is 11.0. The van der Waals surface area contributed by atoms with E-state index in [0.717, 1.165) is 35.1 Å². The molecule has 80 valence electrons. The molecule has 1 fully saturated rings. The number of rotatable bonds is 2. The molecular weight excluding hydrogens is 254 g/mol. The molecule has 0 aliphatic carbocycles. The molecule has 3 heteroatoms. The molecular formula is C12H14BrNO. The predicted molar refractivity (Wildman–Crippen MR) is 65.6 cm³/mol. The Hall–Kier alpha value is -0.830. The highest BCUT2D eigenvalue weighted by atomic mass is 79.9. The van der Waals surface area contributed by atoms with Crippen LogP contribution in [0.25, 0.3) is 0 Å². The van der Waals surface area contributed by atoms with Crippen LogP contribution in [-0.4, -0.2) is 19.4 Å². The highest BCUT2D eigenvalue weighted by molar-refractivity contribution is 9.10. The monoisotopic (exact) mass is 267 g/mol. The van der Waals surface area contributed by atoms with Gasteiger partial charge in [-0.2, -0.15) is 0 Å². The summed E-state index contributed by atoms with van der Waals surface area (Å²) in [6, 6.07) is 5.91. The molecule has 1 aliphatic rings. The Morgan fingerprint density at radius 3 is 2.60 bits per heavy atom. The summed E-state index contributed by atoms with van der Waals surface area (Å²) in [5.74, 6) is 0. The zero-order valence-corrected chi connectivity index (χ0v) is 10.2. The normalized spacial score (nSPS) is 16.5. The van der Waals surface area contributed by atoms with Gasteiger partial charge in [0.1, 0.15) is 0 Å². The van der Waals surface area contributed by atoms with Crippen molar-refractivity contribution < 1.29 is 4.79 Å². The SMILES string of the molecule is O=Cc1cc(Br)ccc1N1CCCCC1. The summed E-state index contributed by atoms with van der Waals surface area (Å²) < 4.78 is 0.963. The molecule has 0 saturated carbocycles. The van der Waals surface area contributed by atoms with Crippen molar-refractivity contribution in [1.29, 1.82) is 0 Å². The summed E-state index contributed by atoms with van der Waals surface area (Å²) in [4.78, 5) is 13.3. The van der Waals surface area contributed by atoms with E-state index in [9.17, 15) is 4.79 Å². The van der Waals surface area contributed by atoms with Crippen LogP contribution in [0.5, 0.6) is 0 Å². The van der Waals surface area contributed by atoms with Gasteiger partial charge in [-0.05, 0) is 37.5 Å². The summed E-state index contributed by atoms with van der Waals surface area (Å²) in [5.41, 5.74) is 1.86. The highest BCUT2D eigenvalue weighted by Gasteiger charge is 2.13. The van der Waals surface area contributed by atoms with E-state index in [1.807, 2.05) is 18.2 Å². The Morgan fingerprint density at radius 1 is 1.20 bits per heavy atom. The fraction of sp³-hybridized carbons (Fsp3) is 0.417. The van der Waals surface area contributed by atoms with E-state index in [2.05, 4.69) is 20.8 Å². The Bertz CT molecular complexity index is 359. The topological polar surface area (TPSA) is 20.3 Å². The van der Waals surface area contributed by atoms with E-state index in [-0.39, 0.29) is 0 Å². The van der Waals surface area contributed by atoms with Crippen molar-refractivity contribution >= 4 is 27.9 Å². The number of halogens is 1. The number of carbonyl (C=O) groups excluding carboxylic acids is 1. The van der Waals surface area contributed by atoms with Crippen molar-refractivity contribution in [2.75, 3.05) is 18.0 Å². The summed E-state index contributed by atoms with van der Waals surface area (Å²) in [5, 5.41) is 0. The molecule has 0 unspecified atom stereocenters. The van der Waals surface area contributed by atoms with Gasteiger partial charge in [0.15, 0.2) is 6.29 Å². The molecule has 0 radical (unpaired) electrons. The number of hydrogen-bond acceptors (Lipinski definition) is 2. The second kappa shape index (κ2) is 4.79. The van der Waals surface area contributed by atoms with Crippen LogP contribution < -0.4 is 4.90 Å². The molecule has 2 rings (SSSR count). The minimum Gasteiger partial charge on any atom is -0.371 e. The second-order valence-corrected chi connectivity index (χ2v) is 4.78. The molecule has 0 spiro atoms. The summed E-state index contributed by atoms with van der Waals surface area (Å²) >= 11 is 3.38. The number of aldehydes is 1. The van der Waals surface area contributed by atoms with Gasteiger partial charge in [-0.3, -0.25) is 4.79 Å². The van der Waals surface area contributed by atoms with E-state index in [1.54, 1.807) is 0 Å². The molecule has 15 heavy (non-hydrogen) atoms. The first-order chi connectivity index (χ1) is 7.31. The average molecular weight is 268 g/mol. The number of nitrogens with zero attached hydrogens (tertiary/aromatic N) is 1. The molecule has 0 N–H and O–H groups in total. The van der Waals surface area contributed by atoms with Crippen LogP contribution in [0.1, 0.15) is 29.6 Å². The van der Waals surface area contributed by atoms with Gasteiger partial charge in [0.25, 0.3) is 0 Å². The number of anilines is 1. The maximum absolute atomic E-state index is 11.0. The second-order valence-electron chi connectivity index (χ2n) is 3.87. The highest BCUT2D eigenvalue weighted by Crippen LogP contribution is 2.25. The van der Waals surface area contributed by atoms with Crippen LogP contribution in [0.4, 0.5) is 5.69 Å². The Morgan fingerprint density at radius 2 is 1.93 bits per heavy atom. The minimum absolute atomic E-state index is 0.784. The lowest BCUT2D eigenvalue weighted by Gasteiger charge is -2.29. The largest absolute Gasteiger partial charge is 0.371 e. The molecule has 1 heterocycles. The van der Waals surface area contributed by atoms with E-state index >= 15 is 0 Å². The molecule has 0 amide bonds. The van der Waals surface area contributed by atoms with E-state index in [1.165, 1.54) is 19.3 Å². The molecule has 1 aromatic rings. The lowest BCUT2D eigenvalue weighted by atomic mass is 10.1. The van der Waals surface area contributed by atoms with Gasteiger partial charge < -0.3 is 4.90 Å². The van der Waals surface area contributed by atoms with Crippen LogP contribution in [0.3, 0.4) is 0 Å². The lowest BCUT2D eigenvalue weighted by Crippen LogP contribution is -2.30. The van der Waals surface area contributed by atoms with Crippen molar-refractivity contribution in [3.8, 4) is 0 Å². The number of benzene rings is 1. The predicted octanol–water partition coefficient (Wildman–Crippen LogP) is 3.25. The summed E-state index contributed by atoms with van der Waals surface area (Å²) in [6.45, 7) is 2.14. The van der Waals surface area contributed by atoms with Crippen LogP contribution >= 0.6 is 15.9 Å². The van der Waals surface area contributed by atoms with E-state index < -0.39 is 0 Å². The van der Waals surface area contributed by atoms with Gasteiger partial charge in [-0.25, -0.2) is 0 Å². The van der Waals surface area contributed by atoms with Gasteiger partial charge in [0.05, 0.1) is 0 Å². The minimum atomic E-state index is 0.784. The average Bonchev–Trinajstić information content (AvgIpc) is 2.30. The standard InChI is InChI=1S/C12H14BrNO/c13-11-4-5-12(10(8-11)9-15)14-6-2-1-3-7-14/h4-5,8-9H,1-3,6-7H2. The third-order valence-electron chi connectivity index (χ3n) is 2.81. The van der Waals surface area contributed by atoms with Gasteiger partial charge >= 0.3 is 0 Å². The number of hydrogen-bond donors (Lipinski definition) is 0. The first kappa shape index (κ1) is 10.7. The Kier molecular flexibility index (Phi) is 3.41. The van der Waals surface area contributed by atoms with E-state index in [0.29, 0.717) is 0 Å². The number of piperidine rings is 1. The fourth-order valence-electron chi connectivity index (χ4n) is 2.04. The molecule has 0 aromatic heterocycles. The van der Waals surface area contributed by atoms with Crippen LogP contribution in [-0.2, 0) is 0 Å². The van der Waals surface area contributed by atoms with Crippen molar-refractivity contribution in [2.45, 2.75) is 19.3 Å². The Labute approximate surface area is 98.4 Å². The molecule has 2 nitrogen and oxygen atoms in total. The lowest BCUT2D eigenvalue weighted by molar-refractivity contribution is 0.112. The molecule has 1 aliphatic heterocycles. The zero-order chi connectivity index (χ0) is 10.7. The van der Waals surface area contributed by atoms with E-state index in [4.69, 9.17) is 0 Å². The Balaban J connectivity index is 2.29. The van der Waals surface area contributed by atoms with Crippen molar-refractivity contribution in [1.82, 2.24) is 0 Å². The number of carbonyl (C=O) groups is 1. The van der Waals surface area contributed by atoms with Gasteiger partial charge in [0, 0.05) is 28.8 Å². The zero-order valence-electron chi connectivity index (χ0n) is 8.58. The van der Waals surface area contributed by atoms with Gasteiger partial charge in [0.2, 0.25) is 0 Å². The van der Waals surface area contributed by atoms with Crippen molar-refractivity contribution in [3.63, 3.8) is 0 Å². The molecule has 0 atom stereocenters. The third kappa shape index (κ3) is 2.40. The quantitative estimate of drug-likeness (QED) is 0.767. The van der Waals surface area contributed by atoms with Gasteiger partial charge in [-0.1, -0.05) is 15.9 Å². The van der Waals surface area contributed by atoms with Crippen molar-refractivity contribution in [2.24, 2.45) is 0 Å². The maximum Gasteiger partial charge on any atom is 0.152 e. The third-order valence-corrected chi connectivity index (χ3v) is 3.31. The van der Waals surface area contributed by atoms with Crippen LogP contribution in [0, 0.1) is 0 Å². The molecule has 1 aromatic carbocycles. The van der Waals surface area contributed by atoms with Crippen LogP contribution in [0.15, 0.2) is 22.7 Å². The van der Waals surface area contributed by atoms with Gasteiger partial charge in [-0.15, -0.1) is 0 Å². The van der Waals surface area contributed by atoms with Crippen molar-refractivity contribution in [3.05, 3.63) is 28.2 Å². The first-order valence-corrected chi connectivity index (χ1v) is 6.10. The smallest absolute Gasteiger partial charge is 0.152 e. The first-order valence-electron chi connectivity index (χ1n) is 5.31. The fourth-order valence-corrected chi connectivity index (χ4v) is 2.42. The molecule has 1 saturated heterocycles. The van der Waals surface area contributed by atoms with Crippen LogP contribution in [0.2, 0.25) is 0 Å². The molecule has 0 bridgehead atoms. The summed E-state index contributed by atoms with van der Waals surface area (Å²) in [6.07, 6.45) is 4.71.